The largest absolute Gasteiger partial charge is 0.313 e. The van der Waals surface area contributed by atoms with E-state index in [0.29, 0.717) is 6.54 Å². The van der Waals surface area contributed by atoms with Crippen LogP contribution < -0.4 is 10.9 Å². The van der Waals surface area contributed by atoms with Gasteiger partial charge in [-0.3, -0.25) is 4.79 Å². The molecule has 2 rings (SSSR count). The van der Waals surface area contributed by atoms with Crippen molar-refractivity contribution in [3.63, 3.8) is 0 Å². The lowest BCUT2D eigenvalue weighted by Crippen LogP contribution is -2.29. The predicted octanol–water partition coefficient (Wildman–Crippen LogP) is 3.07. The van der Waals surface area contributed by atoms with Crippen LogP contribution in [0.2, 0.25) is 0 Å². The molecule has 0 aliphatic carbocycles. The fraction of sp³-hybridized carbons (Fsp3) is 0.389. The lowest BCUT2D eigenvalue weighted by molar-refractivity contribution is 0.490. The minimum atomic E-state index is 0.0837. The molecule has 0 amide bonds. The number of pyridine rings is 1. The summed E-state index contributed by atoms with van der Waals surface area (Å²) in [7, 11) is 1.94. The maximum Gasteiger partial charge on any atom is 0.253 e. The Hall–Kier alpha value is -1.87. The number of benzene rings is 1. The molecule has 3 nitrogen and oxygen atoms in total. The monoisotopic (exact) mass is 284 g/mol. The Balaban J connectivity index is 2.19. The molecule has 0 saturated carbocycles. The highest BCUT2D eigenvalue weighted by Crippen LogP contribution is 2.16. The van der Waals surface area contributed by atoms with E-state index in [4.69, 9.17) is 0 Å². The van der Waals surface area contributed by atoms with Crippen LogP contribution in [0.15, 0.2) is 47.4 Å². The summed E-state index contributed by atoms with van der Waals surface area (Å²) in [4.78, 5) is 12.1. The van der Waals surface area contributed by atoms with E-state index >= 15 is 0 Å². The number of hydrogen-bond acceptors (Lipinski definition) is 2. The molecular formula is C18H24N2O. The fourth-order valence-electron chi connectivity index (χ4n) is 2.57. The number of aromatic nitrogens is 1. The number of hydrogen-bond donors (Lipinski definition) is 1. The normalized spacial score (nSPS) is 12.3. The molecule has 1 unspecified atom stereocenters. The Morgan fingerprint density at radius 3 is 2.52 bits per heavy atom. The van der Waals surface area contributed by atoms with Gasteiger partial charge in [0.05, 0.1) is 6.04 Å². The zero-order chi connectivity index (χ0) is 15.2. The summed E-state index contributed by atoms with van der Waals surface area (Å²) in [6.45, 7) is 4.69. The Kier molecular flexibility index (Phi) is 5.34. The molecule has 0 bridgehead atoms. The molecule has 0 spiro atoms. The summed E-state index contributed by atoms with van der Waals surface area (Å²) >= 11 is 0. The first-order valence-electron chi connectivity index (χ1n) is 7.58. The molecule has 0 aliphatic rings. The highest BCUT2D eigenvalue weighted by atomic mass is 16.1. The zero-order valence-electron chi connectivity index (χ0n) is 13.1. The summed E-state index contributed by atoms with van der Waals surface area (Å²) in [5, 5.41) is 3.31. The Morgan fingerprint density at radius 2 is 1.90 bits per heavy atom. The molecule has 2 aromatic rings. The van der Waals surface area contributed by atoms with Crippen molar-refractivity contribution in [2.45, 2.75) is 39.3 Å². The topological polar surface area (TPSA) is 34.0 Å². The second kappa shape index (κ2) is 7.23. The first-order valence-corrected chi connectivity index (χ1v) is 7.58. The zero-order valence-corrected chi connectivity index (χ0v) is 13.1. The van der Waals surface area contributed by atoms with Crippen LogP contribution in [0.25, 0.3) is 0 Å². The van der Waals surface area contributed by atoms with Crippen molar-refractivity contribution in [2.24, 2.45) is 0 Å². The number of likely N-dealkylation sites (N-methyl/N-ethyl adjacent to an activating group) is 1. The van der Waals surface area contributed by atoms with Crippen molar-refractivity contribution >= 4 is 0 Å². The van der Waals surface area contributed by atoms with E-state index in [1.165, 1.54) is 11.1 Å². The van der Waals surface area contributed by atoms with Crippen LogP contribution in [0.1, 0.15) is 36.1 Å². The summed E-state index contributed by atoms with van der Waals surface area (Å²) in [6.07, 6.45) is 4.13. The molecule has 0 saturated heterocycles. The molecule has 112 valence electrons. The number of aryl methyl sites for hydroxylation is 2. The Labute approximate surface area is 126 Å². The van der Waals surface area contributed by atoms with Gasteiger partial charge in [-0.15, -0.1) is 0 Å². The fourth-order valence-corrected chi connectivity index (χ4v) is 2.57. The van der Waals surface area contributed by atoms with Crippen LogP contribution in [-0.4, -0.2) is 11.6 Å². The summed E-state index contributed by atoms with van der Waals surface area (Å²) in [6, 6.07) is 12.6. The van der Waals surface area contributed by atoms with Gasteiger partial charge in [-0.1, -0.05) is 43.7 Å². The molecule has 1 aromatic heterocycles. The molecular weight excluding hydrogens is 260 g/mol. The SMILES string of the molecule is CCCc1ccc(C(Cn2cccc(C)c2=O)NC)cc1. The first-order chi connectivity index (χ1) is 10.2. The second-order valence-electron chi connectivity index (χ2n) is 5.48. The average molecular weight is 284 g/mol. The summed E-state index contributed by atoms with van der Waals surface area (Å²) in [5.74, 6) is 0. The number of rotatable bonds is 6. The van der Waals surface area contributed by atoms with Gasteiger partial charge < -0.3 is 9.88 Å². The van der Waals surface area contributed by atoms with Crippen LogP contribution in [-0.2, 0) is 13.0 Å². The van der Waals surface area contributed by atoms with E-state index < -0.39 is 0 Å². The number of nitrogens with zero attached hydrogens (tertiary/aromatic N) is 1. The molecule has 21 heavy (non-hydrogen) atoms. The smallest absolute Gasteiger partial charge is 0.253 e. The van der Waals surface area contributed by atoms with Crippen molar-refractivity contribution < 1.29 is 0 Å². The first kappa shape index (κ1) is 15.5. The standard InChI is InChI=1S/C18H24N2O/c1-4-6-15-8-10-16(11-9-15)17(19-3)13-20-12-5-7-14(2)18(20)21/h5,7-12,17,19H,4,6,13H2,1-3H3. The highest BCUT2D eigenvalue weighted by molar-refractivity contribution is 5.25. The molecule has 0 radical (unpaired) electrons. The minimum absolute atomic E-state index is 0.0837. The van der Waals surface area contributed by atoms with Crippen molar-refractivity contribution in [2.75, 3.05) is 7.05 Å². The van der Waals surface area contributed by atoms with Gasteiger partial charge in [-0.05, 0) is 37.6 Å². The Morgan fingerprint density at radius 1 is 1.19 bits per heavy atom. The second-order valence-corrected chi connectivity index (χ2v) is 5.48. The van der Waals surface area contributed by atoms with Crippen LogP contribution in [0.3, 0.4) is 0 Å². The van der Waals surface area contributed by atoms with Gasteiger partial charge in [0.1, 0.15) is 0 Å². The Bertz CT molecular complexity index is 628. The van der Waals surface area contributed by atoms with Crippen molar-refractivity contribution in [3.05, 3.63) is 69.6 Å². The van der Waals surface area contributed by atoms with Crippen molar-refractivity contribution in [3.8, 4) is 0 Å². The van der Waals surface area contributed by atoms with Crippen molar-refractivity contribution in [1.82, 2.24) is 9.88 Å². The predicted molar refractivity (Wildman–Crippen MR) is 87.7 cm³/mol. The van der Waals surface area contributed by atoms with Crippen molar-refractivity contribution in [1.29, 1.82) is 0 Å². The minimum Gasteiger partial charge on any atom is -0.313 e. The van der Waals surface area contributed by atoms with E-state index in [2.05, 4.69) is 36.5 Å². The third-order valence-corrected chi connectivity index (χ3v) is 3.86. The van der Waals surface area contributed by atoms with E-state index in [0.717, 1.165) is 18.4 Å². The van der Waals surface area contributed by atoms with Gasteiger partial charge in [0.15, 0.2) is 0 Å². The maximum atomic E-state index is 12.1. The van der Waals surface area contributed by atoms with Gasteiger partial charge in [-0.25, -0.2) is 0 Å². The van der Waals surface area contributed by atoms with Gasteiger partial charge in [0, 0.05) is 18.3 Å². The van der Waals surface area contributed by atoms with Crippen LogP contribution in [0.5, 0.6) is 0 Å². The number of nitrogens with one attached hydrogen (secondary N) is 1. The molecule has 0 aliphatic heterocycles. The lowest BCUT2D eigenvalue weighted by atomic mass is 10.0. The third-order valence-electron chi connectivity index (χ3n) is 3.86. The quantitative estimate of drug-likeness (QED) is 0.884. The van der Waals surface area contributed by atoms with E-state index in [1.54, 1.807) is 4.57 Å². The van der Waals surface area contributed by atoms with Crippen LogP contribution in [0.4, 0.5) is 0 Å². The lowest BCUT2D eigenvalue weighted by Gasteiger charge is -2.18. The molecule has 1 aromatic carbocycles. The molecule has 0 fully saturated rings. The third kappa shape index (κ3) is 3.82. The molecule has 1 heterocycles. The average Bonchev–Trinajstić information content (AvgIpc) is 2.50. The highest BCUT2D eigenvalue weighted by Gasteiger charge is 2.11. The molecule has 1 atom stereocenters. The molecule has 3 heteroatoms. The van der Waals surface area contributed by atoms with E-state index in [-0.39, 0.29) is 11.6 Å². The maximum absolute atomic E-state index is 12.1. The van der Waals surface area contributed by atoms with Gasteiger partial charge in [-0.2, -0.15) is 0 Å². The van der Waals surface area contributed by atoms with Gasteiger partial charge >= 0.3 is 0 Å². The molecule has 1 N–H and O–H groups in total. The van der Waals surface area contributed by atoms with Gasteiger partial charge in [0.2, 0.25) is 0 Å². The summed E-state index contributed by atoms with van der Waals surface area (Å²) in [5.41, 5.74) is 3.44. The summed E-state index contributed by atoms with van der Waals surface area (Å²) < 4.78 is 1.77. The van der Waals surface area contributed by atoms with E-state index in [1.807, 2.05) is 32.3 Å². The van der Waals surface area contributed by atoms with Crippen LogP contribution >= 0.6 is 0 Å². The van der Waals surface area contributed by atoms with E-state index in [9.17, 15) is 4.79 Å². The van der Waals surface area contributed by atoms with Crippen LogP contribution in [0, 0.1) is 6.92 Å². The van der Waals surface area contributed by atoms with Gasteiger partial charge in [0.25, 0.3) is 5.56 Å².